The lowest BCUT2D eigenvalue weighted by molar-refractivity contribution is 0.472. The van der Waals surface area contributed by atoms with E-state index in [0.29, 0.717) is 6.04 Å². The molecular weight excluding hydrogens is 160 g/mol. The minimum Gasteiger partial charge on any atom is -0.380 e. The van der Waals surface area contributed by atoms with Crippen LogP contribution >= 0.6 is 0 Å². The highest BCUT2D eigenvalue weighted by molar-refractivity contribution is 5.46. The van der Waals surface area contributed by atoms with E-state index in [4.69, 9.17) is 0 Å². The molecule has 0 amide bonds. The standard InChI is InChI=1S/C11H16N2/c1-2-9-3-5-10(6-4-9)13-11-7-12-8-11/h3-6,11-13H,2,7-8H2,1H3. The Morgan fingerprint density at radius 1 is 1.31 bits per heavy atom. The fourth-order valence-electron chi connectivity index (χ4n) is 1.46. The molecule has 0 radical (unpaired) electrons. The Morgan fingerprint density at radius 3 is 2.46 bits per heavy atom. The van der Waals surface area contributed by atoms with Gasteiger partial charge in [-0.15, -0.1) is 0 Å². The van der Waals surface area contributed by atoms with E-state index >= 15 is 0 Å². The molecule has 1 aliphatic rings. The van der Waals surface area contributed by atoms with Gasteiger partial charge in [0.2, 0.25) is 0 Å². The van der Waals surface area contributed by atoms with Crippen LogP contribution in [-0.2, 0) is 6.42 Å². The second-order valence-electron chi connectivity index (χ2n) is 3.55. The molecule has 0 bridgehead atoms. The molecule has 2 rings (SSSR count). The molecule has 0 spiro atoms. The molecule has 70 valence electrons. The summed E-state index contributed by atoms with van der Waals surface area (Å²) in [5, 5.41) is 6.71. The highest BCUT2D eigenvalue weighted by atomic mass is 15.1. The molecule has 1 aromatic carbocycles. The van der Waals surface area contributed by atoms with Crippen molar-refractivity contribution in [3.8, 4) is 0 Å². The zero-order valence-electron chi connectivity index (χ0n) is 8.01. The number of hydrogen-bond donors (Lipinski definition) is 2. The molecule has 0 unspecified atom stereocenters. The van der Waals surface area contributed by atoms with Crippen LogP contribution in [0.1, 0.15) is 12.5 Å². The van der Waals surface area contributed by atoms with Gasteiger partial charge in [0.25, 0.3) is 0 Å². The number of rotatable bonds is 3. The van der Waals surface area contributed by atoms with E-state index < -0.39 is 0 Å². The third kappa shape index (κ3) is 2.01. The molecule has 2 N–H and O–H groups in total. The maximum Gasteiger partial charge on any atom is 0.0510 e. The molecule has 1 saturated heterocycles. The van der Waals surface area contributed by atoms with E-state index in [-0.39, 0.29) is 0 Å². The Morgan fingerprint density at radius 2 is 2.00 bits per heavy atom. The van der Waals surface area contributed by atoms with Gasteiger partial charge in [-0.25, -0.2) is 0 Å². The van der Waals surface area contributed by atoms with Crippen LogP contribution in [0.3, 0.4) is 0 Å². The Bertz CT molecular complexity index is 262. The summed E-state index contributed by atoms with van der Waals surface area (Å²) in [4.78, 5) is 0. The Balaban J connectivity index is 1.96. The zero-order chi connectivity index (χ0) is 9.10. The van der Waals surface area contributed by atoms with Gasteiger partial charge in [-0.1, -0.05) is 19.1 Å². The van der Waals surface area contributed by atoms with E-state index in [1.165, 1.54) is 11.3 Å². The third-order valence-corrected chi connectivity index (χ3v) is 2.51. The number of anilines is 1. The normalized spacial score (nSPS) is 16.7. The van der Waals surface area contributed by atoms with E-state index in [1.54, 1.807) is 0 Å². The predicted octanol–water partition coefficient (Wildman–Crippen LogP) is 1.63. The van der Waals surface area contributed by atoms with Crippen LogP contribution in [0.25, 0.3) is 0 Å². The summed E-state index contributed by atoms with van der Waals surface area (Å²) in [5.74, 6) is 0. The Hall–Kier alpha value is -1.02. The van der Waals surface area contributed by atoms with Crippen molar-refractivity contribution >= 4 is 5.69 Å². The maximum absolute atomic E-state index is 3.47. The van der Waals surface area contributed by atoms with Crippen LogP contribution in [0.5, 0.6) is 0 Å². The van der Waals surface area contributed by atoms with Crippen LogP contribution in [0.15, 0.2) is 24.3 Å². The first-order valence-electron chi connectivity index (χ1n) is 4.94. The topological polar surface area (TPSA) is 24.1 Å². The average Bonchev–Trinajstić information content (AvgIpc) is 2.12. The molecule has 0 saturated carbocycles. The fourth-order valence-corrected chi connectivity index (χ4v) is 1.46. The Labute approximate surface area is 79.4 Å². The largest absolute Gasteiger partial charge is 0.380 e. The molecule has 0 aromatic heterocycles. The minimum atomic E-state index is 0.632. The molecular formula is C11H16N2. The molecule has 0 aliphatic carbocycles. The first kappa shape index (κ1) is 8.57. The van der Waals surface area contributed by atoms with Gasteiger partial charge in [-0.05, 0) is 24.1 Å². The zero-order valence-corrected chi connectivity index (χ0v) is 8.01. The molecule has 2 nitrogen and oxygen atoms in total. The SMILES string of the molecule is CCc1ccc(NC2CNC2)cc1. The van der Waals surface area contributed by atoms with Crippen molar-refractivity contribution in [2.75, 3.05) is 18.4 Å². The minimum absolute atomic E-state index is 0.632. The predicted molar refractivity (Wildman–Crippen MR) is 56.1 cm³/mol. The van der Waals surface area contributed by atoms with E-state index in [9.17, 15) is 0 Å². The summed E-state index contributed by atoms with van der Waals surface area (Å²) >= 11 is 0. The summed E-state index contributed by atoms with van der Waals surface area (Å²) in [7, 11) is 0. The fraction of sp³-hybridized carbons (Fsp3) is 0.455. The van der Waals surface area contributed by atoms with Crippen LogP contribution in [-0.4, -0.2) is 19.1 Å². The van der Waals surface area contributed by atoms with Crippen LogP contribution in [0, 0.1) is 0 Å². The van der Waals surface area contributed by atoms with Gasteiger partial charge < -0.3 is 10.6 Å². The smallest absolute Gasteiger partial charge is 0.0510 e. The summed E-state index contributed by atoms with van der Waals surface area (Å²) in [6, 6.07) is 9.34. The molecule has 1 aliphatic heterocycles. The van der Waals surface area contributed by atoms with Gasteiger partial charge in [-0.3, -0.25) is 0 Å². The summed E-state index contributed by atoms with van der Waals surface area (Å²) in [6.07, 6.45) is 1.12. The van der Waals surface area contributed by atoms with Gasteiger partial charge in [0.15, 0.2) is 0 Å². The van der Waals surface area contributed by atoms with E-state index in [0.717, 1.165) is 19.5 Å². The average molecular weight is 176 g/mol. The van der Waals surface area contributed by atoms with Gasteiger partial charge in [0.1, 0.15) is 0 Å². The highest BCUT2D eigenvalue weighted by Crippen LogP contribution is 2.12. The van der Waals surface area contributed by atoms with Crippen molar-refractivity contribution in [3.05, 3.63) is 29.8 Å². The summed E-state index contributed by atoms with van der Waals surface area (Å²) < 4.78 is 0. The third-order valence-electron chi connectivity index (χ3n) is 2.51. The number of benzene rings is 1. The lowest BCUT2D eigenvalue weighted by atomic mass is 10.1. The lowest BCUT2D eigenvalue weighted by Gasteiger charge is -2.29. The van der Waals surface area contributed by atoms with Crippen molar-refractivity contribution in [1.82, 2.24) is 5.32 Å². The quantitative estimate of drug-likeness (QED) is 0.731. The van der Waals surface area contributed by atoms with Gasteiger partial charge in [0.05, 0.1) is 6.04 Å². The van der Waals surface area contributed by atoms with Crippen molar-refractivity contribution < 1.29 is 0 Å². The van der Waals surface area contributed by atoms with Gasteiger partial charge in [0, 0.05) is 18.8 Å². The van der Waals surface area contributed by atoms with Crippen LogP contribution in [0.4, 0.5) is 5.69 Å². The van der Waals surface area contributed by atoms with E-state index in [2.05, 4.69) is 41.8 Å². The second kappa shape index (κ2) is 3.79. The van der Waals surface area contributed by atoms with E-state index in [1.807, 2.05) is 0 Å². The van der Waals surface area contributed by atoms with Gasteiger partial charge >= 0.3 is 0 Å². The van der Waals surface area contributed by atoms with Crippen LogP contribution < -0.4 is 10.6 Å². The molecule has 1 fully saturated rings. The second-order valence-corrected chi connectivity index (χ2v) is 3.55. The number of hydrogen-bond acceptors (Lipinski definition) is 2. The molecule has 1 heterocycles. The number of nitrogens with one attached hydrogen (secondary N) is 2. The first-order chi connectivity index (χ1) is 6.38. The maximum atomic E-state index is 3.47. The lowest BCUT2D eigenvalue weighted by Crippen LogP contribution is -2.51. The van der Waals surface area contributed by atoms with Crippen molar-refractivity contribution in [3.63, 3.8) is 0 Å². The first-order valence-corrected chi connectivity index (χ1v) is 4.94. The van der Waals surface area contributed by atoms with Crippen molar-refractivity contribution in [2.24, 2.45) is 0 Å². The van der Waals surface area contributed by atoms with Crippen molar-refractivity contribution in [2.45, 2.75) is 19.4 Å². The van der Waals surface area contributed by atoms with Crippen molar-refractivity contribution in [1.29, 1.82) is 0 Å². The highest BCUT2D eigenvalue weighted by Gasteiger charge is 2.15. The summed E-state index contributed by atoms with van der Waals surface area (Å²) in [5.41, 5.74) is 2.64. The molecule has 1 aromatic rings. The molecule has 0 atom stereocenters. The Kier molecular flexibility index (Phi) is 2.50. The summed E-state index contributed by atoms with van der Waals surface area (Å²) in [6.45, 7) is 4.36. The monoisotopic (exact) mass is 176 g/mol. The van der Waals surface area contributed by atoms with Gasteiger partial charge in [-0.2, -0.15) is 0 Å². The molecule has 2 heteroatoms. The van der Waals surface area contributed by atoms with Crippen LogP contribution in [0.2, 0.25) is 0 Å². The number of aryl methyl sites for hydroxylation is 1. The molecule has 13 heavy (non-hydrogen) atoms.